The highest BCUT2D eigenvalue weighted by Crippen LogP contribution is 2.41. The van der Waals surface area contributed by atoms with Gasteiger partial charge in [-0.3, -0.25) is 0 Å². The molecule has 0 radical (unpaired) electrons. The summed E-state index contributed by atoms with van der Waals surface area (Å²) in [4.78, 5) is 2.32. The van der Waals surface area contributed by atoms with Crippen LogP contribution in [0, 0.1) is 13.8 Å². The van der Waals surface area contributed by atoms with E-state index < -0.39 is 0 Å². The fourth-order valence-electron chi connectivity index (χ4n) is 6.54. The van der Waals surface area contributed by atoms with Crippen molar-refractivity contribution in [1.29, 1.82) is 0 Å². The molecule has 4 heteroatoms. The molecule has 1 aromatic heterocycles. The van der Waals surface area contributed by atoms with Gasteiger partial charge in [-0.15, -0.1) is 10.2 Å². The predicted octanol–water partition coefficient (Wildman–Crippen LogP) is 12.5. The topological polar surface area (TPSA) is 42.2 Å². The molecule has 0 spiro atoms. The van der Waals surface area contributed by atoms with E-state index in [2.05, 4.69) is 162 Å². The number of anilines is 3. The van der Waals surface area contributed by atoms with E-state index in [9.17, 15) is 0 Å². The maximum absolute atomic E-state index is 6.02. The lowest BCUT2D eigenvalue weighted by molar-refractivity contribution is 0.584. The standard InChI is InChI=1S/C46H35N3O/c1-32-12-10-16-39(30-32)49(40-17-11-13-33(2)31-40)38-28-26-35(27-29-38)42-19-7-9-21-44(42)43-20-8-6-18-41(43)34-22-24-37(25-23-34)46-48-47-45(50-46)36-14-4-3-5-15-36/h3-31H,1-2H3. The number of hydrogen-bond donors (Lipinski definition) is 0. The maximum atomic E-state index is 6.02. The third kappa shape index (κ3) is 6.23. The molecular formula is C46H35N3O. The van der Waals surface area contributed by atoms with E-state index in [1.165, 1.54) is 27.8 Å². The van der Waals surface area contributed by atoms with Crippen molar-refractivity contribution in [3.05, 3.63) is 187 Å². The molecule has 1 heterocycles. The van der Waals surface area contributed by atoms with Crippen LogP contribution in [0.1, 0.15) is 11.1 Å². The average Bonchev–Trinajstić information content (AvgIpc) is 3.67. The summed E-state index contributed by atoms with van der Waals surface area (Å²) in [6.07, 6.45) is 0. The molecule has 0 atom stereocenters. The summed E-state index contributed by atoms with van der Waals surface area (Å²) in [6.45, 7) is 4.28. The zero-order chi connectivity index (χ0) is 33.9. The summed E-state index contributed by atoms with van der Waals surface area (Å²) in [5.74, 6) is 1.01. The number of rotatable bonds is 8. The fraction of sp³-hybridized carbons (Fsp3) is 0.0435. The molecule has 7 aromatic carbocycles. The van der Waals surface area contributed by atoms with Crippen LogP contribution < -0.4 is 4.90 Å². The predicted molar refractivity (Wildman–Crippen MR) is 206 cm³/mol. The number of benzene rings is 7. The molecule has 0 saturated carbocycles. The first kappa shape index (κ1) is 30.8. The first-order chi connectivity index (χ1) is 24.6. The Morgan fingerprint density at radius 1 is 0.360 bits per heavy atom. The Labute approximate surface area is 293 Å². The Kier molecular flexibility index (Phi) is 8.34. The van der Waals surface area contributed by atoms with Gasteiger partial charge in [0.25, 0.3) is 0 Å². The molecule has 0 saturated heterocycles. The van der Waals surface area contributed by atoms with E-state index in [0.717, 1.165) is 44.9 Å². The van der Waals surface area contributed by atoms with Crippen LogP contribution in [0.2, 0.25) is 0 Å². The second kappa shape index (κ2) is 13.5. The zero-order valence-corrected chi connectivity index (χ0v) is 28.0. The van der Waals surface area contributed by atoms with Crippen LogP contribution in [0.3, 0.4) is 0 Å². The minimum atomic E-state index is 0.501. The number of aryl methyl sites for hydroxylation is 2. The van der Waals surface area contributed by atoms with Gasteiger partial charge in [-0.1, -0.05) is 115 Å². The summed E-state index contributed by atoms with van der Waals surface area (Å²) < 4.78 is 6.02. The van der Waals surface area contributed by atoms with Gasteiger partial charge in [0.2, 0.25) is 11.8 Å². The summed E-state index contributed by atoms with van der Waals surface area (Å²) >= 11 is 0. The monoisotopic (exact) mass is 645 g/mol. The second-order valence-corrected chi connectivity index (χ2v) is 12.5. The minimum Gasteiger partial charge on any atom is -0.416 e. The SMILES string of the molecule is Cc1cccc(N(c2ccc(-c3ccccc3-c3ccccc3-c3ccc(-c4nnc(-c5ccccc5)o4)cc3)cc2)c2cccc(C)c2)c1. The maximum Gasteiger partial charge on any atom is 0.248 e. The molecule has 8 rings (SSSR count). The lowest BCUT2D eigenvalue weighted by atomic mass is 9.89. The van der Waals surface area contributed by atoms with Crippen molar-refractivity contribution in [3.63, 3.8) is 0 Å². The Hall–Kier alpha value is -6.52. The van der Waals surface area contributed by atoms with E-state index in [1.54, 1.807) is 0 Å². The van der Waals surface area contributed by atoms with Crippen LogP contribution in [0.15, 0.2) is 180 Å². The van der Waals surface area contributed by atoms with E-state index in [1.807, 2.05) is 42.5 Å². The van der Waals surface area contributed by atoms with Gasteiger partial charge >= 0.3 is 0 Å². The number of aromatic nitrogens is 2. The molecule has 0 N–H and O–H groups in total. The summed E-state index contributed by atoms with van der Waals surface area (Å²) in [6, 6.07) is 61.7. The average molecular weight is 646 g/mol. The molecule has 0 unspecified atom stereocenters. The van der Waals surface area contributed by atoms with Crippen LogP contribution >= 0.6 is 0 Å². The third-order valence-corrected chi connectivity index (χ3v) is 8.99. The largest absolute Gasteiger partial charge is 0.416 e. The first-order valence-corrected chi connectivity index (χ1v) is 16.8. The van der Waals surface area contributed by atoms with Crippen LogP contribution in [-0.2, 0) is 0 Å². The van der Waals surface area contributed by atoms with Gasteiger partial charge in [0.1, 0.15) is 0 Å². The van der Waals surface area contributed by atoms with E-state index >= 15 is 0 Å². The minimum absolute atomic E-state index is 0.501. The molecule has 0 aliphatic carbocycles. The molecule has 8 aromatic rings. The van der Waals surface area contributed by atoms with Crippen LogP contribution in [0.4, 0.5) is 17.1 Å². The van der Waals surface area contributed by atoms with Gasteiger partial charge in [-0.05, 0) is 119 Å². The lowest BCUT2D eigenvalue weighted by Gasteiger charge is -2.26. The van der Waals surface area contributed by atoms with Crippen molar-refractivity contribution in [2.75, 3.05) is 4.90 Å². The Bertz CT molecular complexity index is 2350. The highest BCUT2D eigenvalue weighted by Gasteiger charge is 2.16. The quantitative estimate of drug-likeness (QED) is 0.165. The smallest absolute Gasteiger partial charge is 0.248 e. The third-order valence-electron chi connectivity index (χ3n) is 8.99. The molecule has 240 valence electrons. The van der Waals surface area contributed by atoms with Crippen molar-refractivity contribution in [2.24, 2.45) is 0 Å². The molecule has 4 nitrogen and oxygen atoms in total. The number of nitrogens with zero attached hydrogens (tertiary/aromatic N) is 3. The van der Waals surface area contributed by atoms with Crippen molar-refractivity contribution in [3.8, 4) is 56.3 Å². The van der Waals surface area contributed by atoms with E-state index in [-0.39, 0.29) is 0 Å². The Morgan fingerprint density at radius 3 is 1.28 bits per heavy atom. The summed E-state index contributed by atoms with van der Waals surface area (Å²) in [7, 11) is 0. The molecule has 0 aliphatic rings. The van der Waals surface area contributed by atoms with Gasteiger partial charge in [-0.2, -0.15) is 0 Å². The zero-order valence-electron chi connectivity index (χ0n) is 28.0. The van der Waals surface area contributed by atoms with Crippen molar-refractivity contribution < 1.29 is 4.42 Å². The Morgan fingerprint density at radius 2 is 0.780 bits per heavy atom. The van der Waals surface area contributed by atoms with Crippen LogP contribution in [0.25, 0.3) is 56.3 Å². The molecular weight excluding hydrogens is 611 g/mol. The molecule has 50 heavy (non-hydrogen) atoms. The molecule has 0 fully saturated rings. The summed E-state index contributed by atoms with van der Waals surface area (Å²) in [5.41, 5.74) is 14.6. The van der Waals surface area contributed by atoms with Gasteiger partial charge in [0, 0.05) is 28.2 Å². The van der Waals surface area contributed by atoms with Gasteiger partial charge < -0.3 is 9.32 Å². The van der Waals surface area contributed by atoms with E-state index in [4.69, 9.17) is 4.42 Å². The van der Waals surface area contributed by atoms with Crippen molar-refractivity contribution >= 4 is 17.1 Å². The normalized spacial score (nSPS) is 11.0. The second-order valence-electron chi connectivity index (χ2n) is 12.5. The van der Waals surface area contributed by atoms with Crippen molar-refractivity contribution in [1.82, 2.24) is 10.2 Å². The van der Waals surface area contributed by atoms with Crippen molar-refractivity contribution in [2.45, 2.75) is 13.8 Å². The lowest BCUT2D eigenvalue weighted by Crippen LogP contribution is -2.10. The fourth-order valence-corrected chi connectivity index (χ4v) is 6.54. The molecule has 0 aliphatic heterocycles. The Balaban J connectivity index is 1.12. The summed E-state index contributed by atoms with van der Waals surface area (Å²) in [5, 5.41) is 8.58. The van der Waals surface area contributed by atoms with E-state index in [0.29, 0.717) is 11.8 Å². The van der Waals surface area contributed by atoms with Gasteiger partial charge in [0.05, 0.1) is 0 Å². The molecule has 0 amide bonds. The van der Waals surface area contributed by atoms with Crippen LogP contribution in [-0.4, -0.2) is 10.2 Å². The molecule has 0 bridgehead atoms. The van der Waals surface area contributed by atoms with Gasteiger partial charge in [-0.25, -0.2) is 0 Å². The first-order valence-electron chi connectivity index (χ1n) is 16.8. The highest BCUT2D eigenvalue weighted by atomic mass is 16.4. The van der Waals surface area contributed by atoms with Crippen LogP contribution in [0.5, 0.6) is 0 Å². The number of hydrogen-bond acceptors (Lipinski definition) is 4. The van der Waals surface area contributed by atoms with Gasteiger partial charge in [0.15, 0.2) is 0 Å². The highest BCUT2D eigenvalue weighted by molar-refractivity contribution is 5.92.